The lowest BCUT2D eigenvalue weighted by atomic mass is 10.1. The number of benzene rings is 2. The van der Waals surface area contributed by atoms with Crippen LogP contribution in [0.3, 0.4) is 0 Å². The minimum Gasteiger partial charge on any atom is -0.357 e. The van der Waals surface area contributed by atoms with E-state index >= 15 is 0 Å². The summed E-state index contributed by atoms with van der Waals surface area (Å²) >= 11 is 18.1. The van der Waals surface area contributed by atoms with E-state index in [-0.39, 0.29) is 12.5 Å². The third-order valence-electron chi connectivity index (χ3n) is 5.08. The molecule has 0 aliphatic carbocycles. The third-order valence-corrected chi connectivity index (χ3v) is 7.18. The zero-order valence-corrected chi connectivity index (χ0v) is 21.8. The third kappa shape index (κ3) is 6.99. The van der Waals surface area contributed by atoms with E-state index in [0.717, 1.165) is 10.6 Å². The highest BCUT2D eigenvalue weighted by atomic mass is 35.5. The van der Waals surface area contributed by atoms with Crippen molar-refractivity contribution < 1.29 is 18.0 Å². The van der Waals surface area contributed by atoms with Gasteiger partial charge in [0.25, 0.3) is 0 Å². The summed E-state index contributed by atoms with van der Waals surface area (Å²) in [7, 11) is -2.34. The van der Waals surface area contributed by atoms with Crippen molar-refractivity contribution in [1.82, 2.24) is 10.2 Å². The molecule has 0 saturated carbocycles. The van der Waals surface area contributed by atoms with Crippen molar-refractivity contribution in [2.45, 2.75) is 32.9 Å². The number of carbonyl (C=O) groups is 2. The van der Waals surface area contributed by atoms with Gasteiger partial charge in [-0.1, -0.05) is 47.8 Å². The zero-order valence-electron chi connectivity index (χ0n) is 18.7. The van der Waals surface area contributed by atoms with Gasteiger partial charge < -0.3 is 10.2 Å². The van der Waals surface area contributed by atoms with Crippen LogP contribution in [-0.2, 0) is 26.2 Å². The lowest BCUT2D eigenvalue weighted by Crippen LogP contribution is -2.51. The second-order valence-corrected chi connectivity index (χ2v) is 10.7. The minimum atomic E-state index is -3.82. The molecule has 0 saturated heterocycles. The number of anilines is 1. The molecule has 180 valence electrons. The number of aryl methyl sites for hydroxylation is 1. The lowest BCUT2D eigenvalue weighted by molar-refractivity contribution is -0.140. The van der Waals surface area contributed by atoms with Crippen LogP contribution in [0.2, 0.25) is 15.1 Å². The molecule has 0 fully saturated rings. The van der Waals surface area contributed by atoms with Crippen LogP contribution in [0, 0.1) is 6.92 Å². The van der Waals surface area contributed by atoms with Crippen molar-refractivity contribution in [2.24, 2.45) is 0 Å². The average Bonchev–Trinajstić information content (AvgIpc) is 2.73. The van der Waals surface area contributed by atoms with Crippen LogP contribution >= 0.6 is 34.8 Å². The zero-order chi connectivity index (χ0) is 24.9. The first kappa shape index (κ1) is 27.2. The first-order valence-electron chi connectivity index (χ1n) is 10.1. The molecular weight excluding hydrogens is 509 g/mol. The van der Waals surface area contributed by atoms with Gasteiger partial charge in [0, 0.05) is 18.6 Å². The molecule has 1 N–H and O–H groups in total. The number of halogens is 3. The summed E-state index contributed by atoms with van der Waals surface area (Å²) in [6.07, 6.45) is 1.35. The van der Waals surface area contributed by atoms with E-state index in [1.807, 2.05) is 0 Å². The fourth-order valence-electron chi connectivity index (χ4n) is 3.41. The molecular formula is C22H26Cl3N3O4S. The summed E-state index contributed by atoms with van der Waals surface area (Å²) in [6, 6.07) is 8.81. The van der Waals surface area contributed by atoms with Gasteiger partial charge in [0.05, 0.1) is 22.0 Å². The van der Waals surface area contributed by atoms with Crippen molar-refractivity contribution in [3.8, 4) is 0 Å². The van der Waals surface area contributed by atoms with Gasteiger partial charge in [-0.15, -0.1) is 0 Å². The molecule has 0 spiro atoms. The average molecular weight is 535 g/mol. The Morgan fingerprint density at radius 2 is 1.73 bits per heavy atom. The number of likely N-dealkylation sites (N-methyl/N-ethyl adjacent to an activating group) is 1. The monoisotopic (exact) mass is 533 g/mol. The van der Waals surface area contributed by atoms with Gasteiger partial charge in [-0.05, 0) is 54.8 Å². The standard InChI is InChI=1S/C22H26Cl3N3O4S/c1-5-19(22(30)26-3)27(12-15-6-8-17(24)18(25)11-15)21(29)13-28(33(4,31)32)20-9-7-16(23)10-14(20)2/h6-11,19H,5,12-13H2,1-4H3,(H,26,30)/t19-/m0/s1. The summed E-state index contributed by atoms with van der Waals surface area (Å²) in [4.78, 5) is 27.4. The van der Waals surface area contributed by atoms with E-state index in [1.165, 1.54) is 11.9 Å². The topological polar surface area (TPSA) is 86.8 Å². The van der Waals surface area contributed by atoms with Gasteiger partial charge >= 0.3 is 0 Å². The number of sulfonamides is 1. The molecule has 0 heterocycles. The van der Waals surface area contributed by atoms with E-state index in [1.54, 1.807) is 50.2 Å². The van der Waals surface area contributed by atoms with Crippen molar-refractivity contribution in [2.75, 3.05) is 24.2 Å². The highest BCUT2D eigenvalue weighted by molar-refractivity contribution is 7.92. The molecule has 0 radical (unpaired) electrons. The molecule has 11 heteroatoms. The molecule has 2 rings (SSSR count). The van der Waals surface area contributed by atoms with Crippen molar-refractivity contribution in [1.29, 1.82) is 0 Å². The molecule has 0 aliphatic rings. The maximum Gasteiger partial charge on any atom is 0.244 e. The van der Waals surface area contributed by atoms with Crippen molar-refractivity contribution in [3.63, 3.8) is 0 Å². The molecule has 0 bridgehead atoms. The predicted molar refractivity (Wildman–Crippen MR) is 134 cm³/mol. The van der Waals surface area contributed by atoms with Gasteiger partial charge in [0.15, 0.2) is 0 Å². The molecule has 33 heavy (non-hydrogen) atoms. The maximum atomic E-state index is 13.5. The molecule has 2 amide bonds. The Balaban J connectivity index is 2.48. The first-order valence-corrected chi connectivity index (χ1v) is 13.1. The van der Waals surface area contributed by atoms with Gasteiger partial charge in [-0.25, -0.2) is 8.42 Å². The van der Waals surface area contributed by atoms with Gasteiger partial charge in [-0.2, -0.15) is 0 Å². The number of hydrogen-bond acceptors (Lipinski definition) is 4. The van der Waals surface area contributed by atoms with Gasteiger partial charge in [-0.3, -0.25) is 13.9 Å². The summed E-state index contributed by atoms with van der Waals surface area (Å²) in [5.41, 5.74) is 1.57. The van der Waals surface area contributed by atoms with Crippen LogP contribution in [0.1, 0.15) is 24.5 Å². The number of hydrogen-bond donors (Lipinski definition) is 1. The van der Waals surface area contributed by atoms with Crippen LogP contribution < -0.4 is 9.62 Å². The lowest BCUT2D eigenvalue weighted by Gasteiger charge is -2.33. The smallest absolute Gasteiger partial charge is 0.244 e. The van der Waals surface area contributed by atoms with E-state index in [2.05, 4.69) is 5.32 Å². The molecule has 0 unspecified atom stereocenters. The fraction of sp³-hybridized carbons (Fsp3) is 0.364. The molecule has 1 atom stereocenters. The van der Waals surface area contributed by atoms with Gasteiger partial charge in [0.2, 0.25) is 21.8 Å². The van der Waals surface area contributed by atoms with E-state index < -0.39 is 28.5 Å². The first-order chi connectivity index (χ1) is 15.4. The quantitative estimate of drug-likeness (QED) is 0.520. The largest absolute Gasteiger partial charge is 0.357 e. The second kappa shape index (κ2) is 11.4. The highest BCUT2D eigenvalue weighted by Gasteiger charge is 2.31. The number of rotatable bonds is 9. The molecule has 2 aromatic carbocycles. The molecule has 2 aromatic rings. The maximum absolute atomic E-state index is 13.5. The molecule has 0 aromatic heterocycles. The van der Waals surface area contributed by atoms with Crippen molar-refractivity contribution >= 4 is 62.3 Å². The minimum absolute atomic E-state index is 0.0405. The van der Waals surface area contributed by atoms with Crippen LogP contribution in [0.15, 0.2) is 36.4 Å². The van der Waals surface area contributed by atoms with Crippen molar-refractivity contribution in [3.05, 3.63) is 62.6 Å². The van der Waals surface area contributed by atoms with Crippen LogP contribution in [0.5, 0.6) is 0 Å². The number of nitrogens with zero attached hydrogens (tertiary/aromatic N) is 2. The Morgan fingerprint density at radius 1 is 1.06 bits per heavy atom. The predicted octanol–water partition coefficient (Wildman–Crippen LogP) is 4.27. The molecule has 7 nitrogen and oxygen atoms in total. The Bertz CT molecular complexity index is 1140. The summed E-state index contributed by atoms with van der Waals surface area (Å²) in [5.74, 6) is -0.907. The second-order valence-electron chi connectivity index (χ2n) is 7.51. The fourth-order valence-corrected chi connectivity index (χ4v) is 4.87. The summed E-state index contributed by atoms with van der Waals surface area (Å²) < 4.78 is 26.2. The highest BCUT2D eigenvalue weighted by Crippen LogP contribution is 2.27. The number of amides is 2. The normalized spacial score (nSPS) is 12.2. The Labute approximate surface area is 209 Å². The van der Waals surface area contributed by atoms with Crippen LogP contribution in [0.4, 0.5) is 5.69 Å². The summed E-state index contributed by atoms with van der Waals surface area (Å²) in [5, 5.41) is 3.68. The van der Waals surface area contributed by atoms with Gasteiger partial charge in [0.1, 0.15) is 12.6 Å². The Kier molecular flexibility index (Phi) is 9.43. The summed E-state index contributed by atoms with van der Waals surface area (Å²) in [6.45, 7) is 3.03. The Morgan fingerprint density at radius 3 is 2.24 bits per heavy atom. The number of nitrogens with one attached hydrogen (secondary N) is 1. The van der Waals surface area contributed by atoms with E-state index in [4.69, 9.17) is 34.8 Å². The number of carbonyl (C=O) groups excluding carboxylic acids is 2. The molecule has 0 aliphatic heterocycles. The van der Waals surface area contributed by atoms with E-state index in [0.29, 0.717) is 38.3 Å². The van der Waals surface area contributed by atoms with E-state index in [9.17, 15) is 18.0 Å². The SMILES string of the molecule is CC[C@@H](C(=O)NC)N(Cc1ccc(Cl)c(Cl)c1)C(=O)CN(c1ccc(Cl)cc1C)S(C)(=O)=O. The van der Waals surface area contributed by atoms with Crippen LogP contribution in [0.25, 0.3) is 0 Å². The Hall–Kier alpha value is -2.00. The van der Waals surface area contributed by atoms with Crippen LogP contribution in [-0.4, -0.2) is 51.0 Å².